The van der Waals surface area contributed by atoms with Gasteiger partial charge >= 0.3 is 17.6 Å². The average Bonchev–Trinajstić information content (AvgIpc) is 3.19. The number of unbranched alkanes of at least 4 members (excludes halogenated alkanes) is 9. The lowest BCUT2D eigenvalue weighted by atomic mass is 10.1. The Bertz CT molecular complexity index is 1210. The molecule has 3 N–H and O–H groups in total. The molecule has 0 aliphatic carbocycles. The molecule has 3 rings (SSSR count). The first kappa shape index (κ1) is 32.2. The Hall–Kier alpha value is -3.29. The lowest BCUT2D eigenvalue weighted by Gasteiger charge is -2.21. The van der Waals surface area contributed by atoms with Gasteiger partial charge in [0.2, 0.25) is 6.23 Å². The molecule has 0 saturated carbocycles. The Morgan fingerprint density at radius 3 is 2.37 bits per heavy atom. The van der Waals surface area contributed by atoms with Crippen LogP contribution >= 0.6 is 0 Å². The summed E-state index contributed by atoms with van der Waals surface area (Å²) in [5.74, 6) is -5.51. The summed E-state index contributed by atoms with van der Waals surface area (Å²) in [6.45, 7) is 1.59. The Kier molecular flexibility index (Phi) is 12.3. The van der Waals surface area contributed by atoms with Gasteiger partial charge < -0.3 is 25.0 Å². The van der Waals surface area contributed by atoms with Crippen molar-refractivity contribution in [3.63, 3.8) is 0 Å². The number of anilines is 1. The van der Waals surface area contributed by atoms with Crippen LogP contribution < -0.4 is 11.0 Å². The molecule has 1 fully saturated rings. The minimum atomic E-state index is -3.86. The number of esters is 1. The number of aromatic nitrogens is 3. The second-order valence-electron chi connectivity index (χ2n) is 10.0. The van der Waals surface area contributed by atoms with Crippen molar-refractivity contribution in [1.29, 1.82) is 0 Å². The SMILES string of the molecule is CCCCCCCCCCCCOC(=O)c1ccnc(C(=O)Nc2ccn([C@@H]3O[C@H](CO)[C@@H](O)C3(F)F)c(=O)n2)c1. The minimum Gasteiger partial charge on any atom is -0.462 e. The number of aliphatic hydroxyl groups is 2. The molecule has 0 unspecified atom stereocenters. The Balaban J connectivity index is 1.47. The van der Waals surface area contributed by atoms with Gasteiger partial charge in [-0.2, -0.15) is 13.8 Å². The van der Waals surface area contributed by atoms with Gasteiger partial charge in [-0.1, -0.05) is 64.7 Å². The first-order valence-electron chi connectivity index (χ1n) is 14.0. The van der Waals surface area contributed by atoms with E-state index < -0.39 is 48.5 Å². The highest BCUT2D eigenvalue weighted by molar-refractivity contribution is 6.03. The molecule has 3 heterocycles. The summed E-state index contributed by atoms with van der Waals surface area (Å²) in [6, 6.07) is 3.73. The molecule has 2 aromatic heterocycles. The molecule has 226 valence electrons. The number of nitrogens with one attached hydrogen (secondary N) is 1. The highest BCUT2D eigenvalue weighted by Gasteiger charge is 2.59. The number of carbonyl (C=O) groups is 2. The zero-order chi connectivity index (χ0) is 29.8. The molecule has 0 aromatic carbocycles. The molecule has 2 aromatic rings. The van der Waals surface area contributed by atoms with E-state index in [9.17, 15) is 28.3 Å². The molecule has 1 amide bonds. The first-order valence-corrected chi connectivity index (χ1v) is 14.0. The number of rotatable bonds is 16. The highest BCUT2D eigenvalue weighted by Crippen LogP contribution is 2.42. The smallest absolute Gasteiger partial charge is 0.351 e. The fraction of sp³-hybridized carbons (Fsp3) is 0.607. The van der Waals surface area contributed by atoms with Crippen molar-refractivity contribution in [2.75, 3.05) is 18.5 Å². The summed E-state index contributed by atoms with van der Waals surface area (Å²) in [4.78, 5) is 45.0. The van der Waals surface area contributed by atoms with Crippen molar-refractivity contribution >= 4 is 17.7 Å². The summed E-state index contributed by atoms with van der Waals surface area (Å²) in [6.07, 6.45) is 7.67. The number of halogens is 2. The van der Waals surface area contributed by atoms with Crippen LogP contribution in [0.25, 0.3) is 0 Å². The molecule has 0 bridgehead atoms. The second kappa shape index (κ2) is 15.6. The number of alkyl halides is 2. The number of hydrogen-bond acceptors (Lipinski definition) is 9. The van der Waals surface area contributed by atoms with Crippen molar-refractivity contribution in [2.24, 2.45) is 0 Å². The van der Waals surface area contributed by atoms with E-state index in [4.69, 9.17) is 14.6 Å². The second-order valence-corrected chi connectivity index (χ2v) is 10.0. The number of pyridine rings is 1. The normalized spacial score (nSPS) is 19.7. The maximum Gasteiger partial charge on any atom is 0.351 e. The van der Waals surface area contributed by atoms with Gasteiger partial charge in [-0.3, -0.25) is 14.3 Å². The van der Waals surface area contributed by atoms with Gasteiger partial charge in [0, 0.05) is 12.4 Å². The van der Waals surface area contributed by atoms with Crippen molar-refractivity contribution in [3.8, 4) is 0 Å². The third kappa shape index (κ3) is 8.85. The molecule has 1 saturated heterocycles. The molecule has 41 heavy (non-hydrogen) atoms. The Morgan fingerprint density at radius 2 is 1.76 bits per heavy atom. The van der Waals surface area contributed by atoms with E-state index in [1.165, 1.54) is 63.3 Å². The molecule has 0 spiro atoms. The van der Waals surface area contributed by atoms with E-state index in [1.807, 2.05) is 0 Å². The third-order valence-electron chi connectivity index (χ3n) is 6.84. The Labute approximate surface area is 236 Å². The lowest BCUT2D eigenvalue weighted by molar-refractivity contribution is -0.140. The van der Waals surface area contributed by atoms with Crippen molar-refractivity contribution < 1.29 is 38.1 Å². The third-order valence-corrected chi connectivity index (χ3v) is 6.84. The molecule has 1 aliphatic heterocycles. The predicted molar refractivity (Wildman–Crippen MR) is 145 cm³/mol. The molecule has 0 radical (unpaired) electrons. The number of hydrogen-bond donors (Lipinski definition) is 3. The zero-order valence-corrected chi connectivity index (χ0v) is 23.1. The summed E-state index contributed by atoms with van der Waals surface area (Å²) < 4.78 is 39.4. The zero-order valence-electron chi connectivity index (χ0n) is 23.1. The number of ether oxygens (including phenoxy) is 2. The molecule has 13 heteroatoms. The van der Waals surface area contributed by atoms with E-state index in [0.717, 1.165) is 31.5 Å². The van der Waals surface area contributed by atoms with Gasteiger partial charge in [-0.15, -0.1) is 0 Å². The van der Waals surface area contributed by atoms with E-state index in [1.54, 1.807) is 0 Å². The van der Waals surface area contributed by atoms with Crippen molar-refractivity contribution in [2.45, 2.75) is 95.5 Å². The van der Waals surface area contributed by atoms with Gasteiger partial charge in [0.1, 0.15) is 17.6 Å². The summed E-state index contributed by atoms with van der Waals surface area (Å²) in [5, 5.41) is 21.1. The maximum absolute atomic E-state index is 14.4. The molecule has 1 aliphatic rings. The van der Waals surface area contributed by atoms with Gasteiger partial charge in [0.05, 0.1) is 18.8 Å². The largest absolute Gasteiger partial charge is 0.462 e. The van der Waals surface area contributed by atoms with Crippen LogP contribution in [0, 0.1) is 0 Å². The van der Waals surface area contributed by atoms with Gasteiger partial charge in [0.25, 0.3) is 5.91 Å². The predicted octanol–water partition coefficient (Wildman–Crippen LogP) is 3.85. The lowest BCUT2D eigenvalue weighted by Crippen LogP contribution is -2.41. The fourth-order valence-electron chi connectivity index (χ4n) is 4.48. The average molecular weight is 581 g/mol. The molecular formula is C28H38F2N4O7. The number of aliphatic hydroxyl groups excluding tert-OH is 2. The quantitative estimate of drug-likeness (QED) is 0.198. The van der Waals surface area contributed by atoms with Gasteiger partial charge in [0.15, 0.2) is 6.10 Å². The highest BCUT2D eigenvalue weighted by atomic mass is 19.3. The van der Waals surface area contributed by atoms with Gasteiger partial charge in [-0.25, -0.2) is 9.59 Å². The van der Waals surface area contributed by atoms with E-state index >= 15 is 0 Å². The van der Waals surface area contributed by atoms with E-state index in [-0.39, 0.29) is 23.7 Å². The van der Waals surface area contributed by atoms with Crippen LogP contribution in [-0.4, -0.2) is 68.0 Å². The first-order chi connectivity index (χ1) is 19.7. The topological polar surface area (TPSA) is 153 Å². The van der Waals surface area contributed by atoms with Crippen LogP contribution in [0.15, 0.2) is 35.4 Å². The van der Waals surface area contributed by atoms with Crippen LogP contribution in [-0.2, 0) is 9.47 Å². The Morgan fingerprint density at radius 1 is 1.10 bits per heavy atom. The number of nitrogens with zero attached hydrogens (tertiary/aromatic N) is 3. The standard InChI is InChI=1S/C28H38F2N4O7/c1-2-3-4-5-6-7-8-9-10-11-16-40-25(38)19-12-14-31-20(17-19)24(37)32-22-13-15-34(27(39)33-22)26-28(29,30)23(36)21(18-35)41-26/h12-15,17,21,23,26,35-36H,2-11,16,18H2,1H3,(H,32,33,37,39)/t21-,23-,26-/m1/s1. The summed E-state index contributed by atoms with van der Waals surface area (Å²) >= 11 is 0. The van der Waals surface area contributed by atoms with E-state index in [0.29, 0.717) is 4.57 Å². The van der Waals surface area contributed by atoms with Crippen molar-refractivity contribution in [3.05, 3.63) is 52.3 Å². The maximum atomic E-state index is 14.4. The van der Waals surface area contributed by atoms with Crippen LogP contribution in [0.2, 0.25) is 0 Å². The van der Waals surface area contributed by atoms with Crippen LogP contribution in [0.1, 0.15) is 98.2 Å². The number of carbonyl (C=O) groups excluding carboxylic acids is 2. The van der Waals surface area contributed by atoms with Gasteiger partial charge in [-0.05, 0) is 24.6 Å². The number of amides is 1. The fourth-order valence-corrected chi connectivity index (χ4v) is 4.48. The summed E-state index contributed by atoms with van der Waals surface area (Å²) in [7, 11) is 0. The van der Waals surface area contributed by atoms with Crippen LogP contribution in [0.3, 0.4) is 0 Å². The molecule has 11 nitrogen and oxygen atoms in total. The summed E-state index contributed by atoms with van der Waals surface area (Å²) in [5.41, 5.74) is -1.21. The molecular weight excluding hydrogens is 542 g/mol. The van der Waals surface area contributed by atoms with E-state index in [2.05, 4.69) is 22.2 Å². The van der Waals surface area contributed by atoms with Crippen LogP contribution in [0.4, 0.5) is 14.6 Å². The van der Waals surface area contributed by atoms with Crippen molar-refractivity contribution in [1.82, 2.24) is 14.5 Å². The monoisotopic (exact) mass is 580 g/mol. The molecule has 3 atom stereocenters. The minimum absolute atomic E-state index is 0.123. The van der Waals surface area contributed by atoms with Crippen LogP contribution in [0.5, 0.6) is 0 Å².